The fourth-order valence-electron chi connectivity index (χ4n) is 4.18. The fraction of sp³-hybridized carbons (Fsp3) is 0.516. The molecular formula is C31H45F2N5O3. The van der Waals surface area contributed by atoms with E-state index in [4.69, 9.17) is 4.74 Å². The van der Waals surface area contributed by atoms with E-state index in [0.29, 0.717) is 31.7 Å². The number of carbonyl (C=O) groups excluding carboxylic acids is 2. The van der Waals surface area contributed by atoms with Gasteiger partial charge in [0.1, 0.15) is 17.2 Å². The molecule has 0 atom stereocenters. The third-order valence-electron chi connectivity index (χ3n) is 6.43. The maximum atomic E-state index is 15.2. The number of rotatable bonds is 7. The van der Waals surface area contributed by atoms with Crippen LogP contribution in [0.5, 0.6) is 0 Å². The number of benzene rings is 1. The summed E-state index contributed by atoms with van der Waals surface area (Å²) in [6, 6.07) is 3.94. The molecule has 226 valence electrons. The van der Waals surface area contributed by atoms with E-state index in [-0.39, 0.29) is 40.6 Å². The van der Waals surface area contributed by atoms with E-state index >= 15 is 4.39 Å². The molecule has 10 heteroatoms. The summed E-state index contributed by atoms with van der Waals surface area (Å²) in [5.74, 6) is -1.19. The Morgan fingerprint density at radius 1 is 1.15 bits per heavy atom. The Morgan fingerprint density at radius 2 is 1.76 bits per heavy atom. The molecule has 1 N–H and O–H groups in total. The zero-order valence-corrected chi connectivity index (χ0v) is 25.7. The van der Waals surface area contributed by atoms with Crippen LogP contribution in [-0.4, -0.2) is 65.4 Å². The predicted molar refractivity (Wildman–Crippen MR) is 162 cm³/mol. The summed E-state index contributed by atoms with van der Waals surface area (Å²) in [6.45, 7) is 16.4. The lowest BCUT2D eigenvalue weighted by molar-refractivity contribution is 0.0189. The van der Waals surface area contributed by atoms with E-state index in [1.807, 2.05) is 20.8 Å². The molecule has 1 saturated heterocycles. The number of ether oxygens (including phenoxy) is 1. The normalized spacial score (nSPS) is 14.0. The van der Waals surface area contributed by atoms with Gasteiger partial charge in [-0.3, -0.25) is 4.79 Å². The average molecular weight is 574 g/mol. The first-order valence-corrected chi connectivity index (χ1v) is 14.1. The van der Waals surface area contributed by atoms with Crippen LogP contribution in [0.3, 0.4) is 0 Å². The van der Waals surface area contributed by atoms with Crippen LogP contribution in [0.1, 0.15) is 89.2 Å². The van der Waals surface area contributed by atoms with Gasteiger partial charge < -0.3 is 24.4 Å². The van der Waals surface area contributed by atoms with E-state index in [9.17, 15) is 14.0 Å². The van der Waals surface area contributed by atoms with Crippen LogP contribution in [0.4, 0.5) is 25.1 Å². The maximum Gasteiger partial charge on any atom is 0.410 e. The minimum Gasteiger partial charge on any atom is -0.444 e. The summed E-state index contributed by atoms with van der Waals surface area (Å²) in [5.41, 5.74) is -0.0616. The average Bonchev–Trinajstić information content (AvgIpc) is 3.24. The Labute approximate surface area is 243 Å². The molecule has 3 rings (SSSR count). The number of anilines is 1. The molecule has 1 aromatic carbocycles. The zero-order chi connectivity index (χ0) is 30.9. The number of unbranched alkanes of at least 4 members (excludes halogenated alkanes) is 1. The molecule has 0 spiro atoms. The lowest BCUT2D eigenvalue weighted by Gasteiger charge is -2.34. The van der Waals surface area contributed by atoms with Crippen molar-refractivity contribution >= 4 is 35.4 Å². The number of aliphatic imine (C=N–C) groups is 1. The molecule has 1 aliphatic heterocycles. The van der Waals surface area contributed by atoms with Crippen LogP contribution in [-0.2, 0) is 4.74 Å². The second kappa shape index (κ2) is 14.8. The highest BCUT2D eigenvalue weighted by atomic mass is 19.1. The van der Waals surface area contributed by atoms with Crippen LogP contribution in [0.25, 0.3) is 5.70 Å². The van der Waals surface area contributed by atoms with Gasteiger partial charge in [0, 0.05) is 56.9 Å². The Hall–Kier alpha value is -3.69. The largest absolute Gasteiger partial charge is 0.444 e. The quantitative estimate of drug-likeness (QED) is 0.345. The topological polar surface area (TPSA) is 79.2 Å². The van der Waals surface area contributed by atoms with Crippen molar-refractivity contribution in [3.05, 3.63) is 53.7 Å². The van der Waals surface area contributed by atoms with Gasteiger partial charge in [0.05, 0.1) is 11.3 Å². The molecule has 41 heavy (non-hydrogen) atoms. The lowest BCUT2D eigenvalue weighted by atomic mass is 10.1. The monoisotopic (exact) mass is 573 g/mol. The number of aromatic nitrogens is 1. The second-order valence-electron chi connectivity index (χ2n) is 11.2. The molecule has 0 radical (unpaired) electrons. The van der Waals surface area contributed by atoms with Crippen molar-refractivity contribution < 1.29 is 23.1 Å². The zero-order valence-electron chi connectivity index (χ0n) is 25.7. The summed E-state index contributed by atoms with van der Waals surface area (Å²) >= 11 is 0. The molecule has 2 heterocycles. The standard InChI is InChI=1S/C27H35F2N5O3.C4H10/c1-8-30-24-23(17(2)31-22-10-9-18(15-20(22)28)25(35)32(6)7)21(29)16-34(24)19-11-13-33(14-12-19)26(36)37-27(3,4)5;1-3-4-2/h8-10,15-16,19,31H,2,11-14H2,1,3-7H3;3-4H2,1-2H3/b30-8-;. The Morgan fingerprint density at radius 3 is 2.24 bits per heavy atom. The van der Waals surface area contributed by atoms with Crippen molar-refractivity contribution in [1.82, 2.24) is 14.4 Å². The van der Waals surface area contributed by atoms with Crippen LogP contribution in [0.15, 0.2) is 36.0 Å². The number of nitrogens with one attached hydrogen (secondary N) is 1. The Bertz CT molecular complexity index is 1240. The van der Waals surface area contributed by atoms with Gasteiger partial charge in [0.25, 0.3) is 5.91 Å². The van der Waals surface area contributed by atoms with E-state index in [1.54, 1.807) is 36.7 Å². The van der Waals surface area contributed by atoms with Crippen molar-refractivity contribution in [3.63, 3.8) is 0 Å². The molecule has 2 amide bonds. The van der Waals surface area contributed by atoms with Gasteiger partial charge in [0.2, 0.25) is 0 Å². The van der Waals surface area contributed by atoms with Crippen LogP contribution >= 0.6 is 0 Å². The highest BCUT2D eigenvalue weighted by Crippen LogP contribution is 2.37. The number of nitrogens with zero attached hydrogens (tertiary/aromatic N) is 4. The molecule has 0 unspecified atom stereocenters. The number of amides is 2. The molecule has 1 aliphatic rings. The van der Waals surface area contributed by atoms with Gasteiger partial charge in [-0.25, -0.2) is 18.6 Å². The van der Waals surface area contributed by atoms with Crippen molar-refractivity contribution in [2.45, 2.75) is 78.9 Å². The highest BCUT2D eigenvalue weighted by Gasteiger charge is 2.30. The smallest absolute Gasteiger partial charge is 0.410 e. The summed E-state index contributed by atoms with van der Waals surface area (Å²) < 4.78 is 37.2. The van der Waals surface area contributed by atoms with Crippen molar-refractivity contribution in [1.29, 1.82) is 0 Å². The summed E-state index contributed by atoms with van der Waals surface area (Å²) in [5, 5.41) is 2.83. The first kappa shape index (κ1) is 33.5. The molecule has 8 nitrogen and oxygen atoms in total. The SMILES string of the molecule is C=C(Nc1ccc(C(=O)N(C)C)cc1F)c1c(F)cn(C2CCN(C(=O)OC(C)(C)C)CC2)c1/N=C\C.CCCC. The second-order valence-corrected chi connectivity index (χ2v) is 11.2. The summed E-state index contributed by atoms with van der Waals surface area (Å²) in [6.07, 6.45) is 6.38. The van der Waals surface area contributed by atoms with Gasteiger partial charge >= 0.3 is 6.09 Å². The van der Waals surface area contributed by atoms with E-state index in [1.165, 1.54) is 36.1 Å². The predicted octanol–water partition coefficient (Wildman–Crippen LogP) is 7.65. The van der Waals surface area contributed by atoms with Crippen LogP contribution in [0, 0.1) is 11.6 Å². The van der Waals surface area contributed by atoms with Gasteiger partial charge in [-0.2, -0.15) is 0 Å². The van der Waals surface area contributed by atoms with Gasteiger partial charge in [-0.1, -0.05) is 33.3 Å². The molecule has 2 aromatic rings. The first-order valence-electron chi connectivity index (χ1n) is 14.1. The number of carbonyl (C=O) groups is 2. The van der Waals surface area contributed by atoms with Crippen LogP contribution in [0.2, 0.25) is 0 Å². The molecule has 0 aliphatic carbocycles. The minimum atomic E-state index is -0.663. The van der Waals surface area contributed by atoms with Gasteiger partial charge in [0.15, 0.2) is 5.82 Å². The Balaban J connectivity index is 0.00000138. The fourth-order valence-corrected chi connectivity index (χ4v) is 4.18. The highest BCUT2D eigenvalue weighted by molar-refractivity contribution is 5.94. The van der Waals surface area contributed by atoms with Crippen molar-refractivity contribution in [2.75, 3.05) is 32.5 Å². The number of halogens is 2. The number of likely N-dealkylation sites (tertiary alicyclic amines) is 1. The number of piperidine rings is 1. The van der Waals surface area contributed by atoms with E-state index in [2.05, 4.69) is 30.7 Å². The van der Waals surface area contributed by atoms with Gasteiger partial charge in [-0.05, 0) is 58.7 Å². The van der Waals surface area contributed by atoms with Crippen LogP contribution < -0.4 is 5.32 Å². The molecular weight excluding hydrogens is 528 g/mol. The third-order valence-corrected chi connectivity index (χ3v) is 6.43. The molecule has 1 aromatic heterocycles. The van der Waals surface area contributed by atoms with Gasteiger partial charge in [-0.15, -0.1) is 0 Å². The number of hydrogen-bond donors (Lipinski definition) is 1. The van der Waals surface area contributed by atoms with E-state index < -0.39 is 17.2 Å². The molecule has 0 bridgehead atoms. The maximum absolute atomic E-state index is 15.2. The van der Waals surface area contributed by atoms with Crippen molar-refractivity contribution in [3.8, 4) is 0 Å². The third kappa shape index (κ3) is 9.16. The van der Waals surface area contributed by atoms with E-state index in [0.717, 1.165) is 6.07 Å². The summed E-state index contributed by atoms with van der Waals surface area (Å²) in [7, 11) is 3.16. The van der Waals surface area contributed by atoms with Crippen molar-refractivity contribution in [2.24, 2.45) is 4.99 Å². The Kier molecular flexibility index (Phi) is 12.1. The number of hydrogen-bond acceptors (Lipinski definition) is 5. The minimum absolute atomic E-state index is 0.0598. The molecule has 0 saturated carbocycles. The molecule has 1 fully saturated rings. The summed E-state index contributed by atoms with van der Waals surface area (Å²) in [4.78, 5) is 31.9. The first-order chi connectivity index (χ1) is 19.2. The lowest BCUT2D eigenvalue weighted by Crippen LogP contribution is -2.42.